The van der Waals surface area contributed by atoms with Crippen LogP contribution in [0.1, 0.15) is 89.8 Å². The Morgan fingerprint density at radius 1 is 1.07 bits per heavy atom. The average Bonchev–Trinajstić information content (AvgIpc) is 3.40. The number of hydrogen-bond acceptors (Lipinski definition) is 6. The van der Waals surface area contributed by atoms with Gasteiger partial charge in [0.1, 0.15) is 24.1 Å². The number of aromatic nitrogens is 3. The molecule has 0 radical (unpaired) electrons. The van der Waals surface area contributed by atoms with Gasteiger partial charge in [-0.05, 0) is 113 Å². The van der Waals surface area contributed by atoms with E-state index in [-0.39, 0.29) is 12.6 Å². The molecule has 1 aliphatic heterocycles. The number of nitrogens with zero attached hydrogens (tertiary/aromatic N) is 3. The van der Waals surface area contributed by atoms with Crippen molar-refractivity contribution in [2.75, 3.05) is 13.2 Å². The average molecular weight is 594 g/mol. The minimum atomic E-state index is -0.630. The summed E-state index contributed by atoms with van der Waals surface area (Å²) in [7, 11) is 0. The third-order valence-corrected chi connectivity index (χ3v) is 8.23. The van der Waals surface area contributed by atoms with Crippen molar-refractivity contribution in [3.05, 3.63) is 71.2 Å². The van der Waals surface area contributed by atoms with Crippen molar-refractivity contribution < 1.29 is 19.0 Å². The lowest BCUT2D eigenvalue weighted by atomic mass is 9.86. The number of aryl methyl sites for hydroxylation is 1. The molecule has 0 aliphatic carbocycles. The molecule has 5 aromatic rings. The highest BCUT2D eigenvalue weighted by molar-refractivity contribution is 6.08. The molecular weight excluding hydrogens is 550 g/mol. The summed E-state index contributed by atoms with van der Waals surface area (Å²) >= 11 is 0. The van der Waals surface area contributed by atoms with Crippen molar-refractivity contribution in [3.63, 3.8) is 0 Å². The van der Waals surface area contributed by atoms with Crippen LogP contribution in [0.4, 0.5) is 0 Å². The monoisotopic (exact) mass is 593 g/mol. The second kappa shape index (κ2) is 10.9. The van der Waals surface area contributed by atoms with Crippen LogP contribution in [0.3, 0.4) is 0 Å². The maximum absolute atomic E-state index is 13.0. The van der Waals surface area contributed by atoms with E-state index in [0.29, 0.717) is 12.5 Å². The van der Waals surface area contributed by atoms with Crippen molar-refractivity contribution >= 4 is 33.4 Å². The summed E-state index contributed by atoms with van der Waals surface area (Å²) in [5, 5.41) is 2.10. The molecule has 3 aromatic heterocycles. The van der Waals surface area contributed by atoms with E-state index in [1.165, 1.54) is 5.56 Å². The summed E-state index contributed by atoms with van der Waals surface area (Å²) in [6.07, 6.45) is 4.35. The van der Waals surface area contributed by atoms with Crippen molar-refractivity contribution in [3.8, 4) is 16.9 Å². The lowest BCUT2D eigenvalue weighted by molar-refractivity contribution is -0.162. The molecule has 0 unspecified atom stereocenters. The van der Waals surface area contributed by atoms with Gasteiger partial charge in [-0.25, -0.2) is 4.98 Å². The standard InChI is InChI=1S/C37H43N3O4/c1-21(2)26-19-40-27-18-22(3)31(29(44-37(7,8)9)20-43-35(41)36(4,5)6)33(24(27)11-13-30(40)39-26)25-10-12-28-32-23(15-17-42-28)14-16-38-34(25)32/h10-14,16,18-19,21,29H,15,17,20H2,1-9H3/t29-/m1/s1. The van der Waals surface area contributed by atoms with Gasteiger partial charge in [0.2, 0.25) is 0 Å². The first-order valence-corrected chi connectivity index (χ1v) is 15.6. The van der Waals surface area contributed by atoms with Gasteiger partial charge in [-0.15, -0.1) is 0 Å². The summed E-state index contributed by atoms with van der Waals surface area (Å²) in [5.74, 6) is 0.898. The normalized spacial score (nSPS) is 14.4. The summed E-state index contributed by atoms with van der Waals surface area (Å²) in [5.41, 5.74) is 8.04. The second-order valence-corrected chi connectivity index (χ2v) is 14.3. The minimum Gasteiger partial charge on any atom is -0.493 e. The molecule has 0 spiro atoms. The molecule has 0 saturated heterocycles. The molecule has 0 fully saturated rings. The van der Waals surface area contributed by atoms with E-state index in [0.717, 1.165) is 67.6 Å². The highest BCUT2D eigenvalue weighted by Crippen LogP contribution is 2.45. The molecule has 0 N–H and O–H groups in total. The molecule has 44 heavy (non-hydrogen) atoms. The first kappa shape index (κ1) is 30.1. The lowest BCUT2D eigenvalue weighted by Gasteiger charge is -2.32. The molecule has 4 heterocycles. The van der Waals surface area contributed by atoms with Gasteiger partial charge in [-0.1, -0.05) is 13.8 Å². The van der Waals surface area contributed by atoms with Gasteiger partial charge in [-0.2, -0.15) is 0 Å². The third-order valence-electron chi connectivity index (χ3n) is 8.23. The summed E-state index contributed by atoms with van der Waals surface area (Å²) in [6.45, 7) is 18.9. The molecule has 7 nitrogen and oxygen atoms in total. The number of pyridine rings is 2. The van der Waals surface area contributed by atoms with Crippen LogP contribution >= 0.6 is 0 Å². The Hall–Kier alpha value is -3.97. The number of imidazole rings is 1. The fourth-order valence-electron chi connectivity index (χ4n) is 6.14. The van der Waals surface area contributed by atoms with Gasteiger partial charge in [0.15, 0.2) is 0 Å². The molecule has 0 amide bonds. The van der Waals surface area contributed by atoms with Gasteiger partial charge < -0.3 is 14.2 Å². The predicted molar refractivity (Wildman–Crippen MR) is 175 cm³/mol. The Morgan fingerprint density at radius 3 is 2.55 bits per heavy atom. The Morgan fingerprint density at radius 2 is 1.84 bits per heavy atom. The van der Waals surface area contributed by atoms with Crippen LogP contribution in [-0.2, 0) is 20.7 Å². The van der Waals surface area contributed by atoms with E-state index in [1.807, 2.05) is 47.7 Å². The second-order valence-electron chi connectivity index (χ2n) is 14.3. The maximum atomic E-state index is 13.0. The Bertz CT molecular complexity index is 1900. The number of carbonyl (C=O) groups excluding carboxylic acids is 1. The van der Waals surface area contributed by atoms with E-state index in [1.54, 1.807) is 0 Å². The van der Waals surface area contributed by atoms with Crippen LogP contribution in [0, 0.1) is 12.3 Å². The third kappa shape index (κ3) is 5.43. The van der Waals surface area contributed by atoms with Gasteiger partial charge >= 0.3 is 5.97 Å². The molecule has 230 valence electrons. The number of hydrogen-bond donors (Lipinski definition) is 0. The van der Waals surface area contributed by atoms with Gasteiger partial charge in [0, 0.05) is 35.2 Å². The SMILES string of the molecule is Cc1cc2c(ccc3nc(C(C)C)cn32)c(-c2ccc3c4c(ccnc24)CCO3)c1[C@@H](COC(=O)C(C)(C)C)OC(C)(C)C. The highest BCUT2D eigenvalue weighted by Gasteiger charge is 2.31. The number of carbonyl (C=O) groups is 1. The minimum absolute atomic E-state index is 0.0926. The Kier molecular flexibility index (Phi) is 7.44. The maximum Gasteiger partial charge on any atom is 0.311 e. The lowest BCUT2D eigenvalue weighted by Crippen LogP contribution is -2.30. The van der Waals surface area contributed by atoms with Crippen LogP contribution in [0.15, 0.2) is 48.8 Å². The number of ether oxygens (including phenoxy) is 3. The zero-order valence-electron chi connectivity index (χ0n) is 27.4. The van der Waals surface area contributed by atoms with Gasteiger partial charge in [-0.3, -0.25) is 14.2 Å². The fourth-order valence-corrected chi connectivity index (χ4v) is 6.14. The van der Waals surface area contributed by atoms with Gasteiger partial charge in [0.05, 0.1) is 34.4 Å². The van der Waals surface area contributed by atoms with E-state index in [2.05, 4.69) is 67.8 Å². The van der Waals surface area contributed by atoms with Crippen LogP contribution in [0.2, 0.25) is 0 Å². The Labute approximate surface area is 259 Å². The molecular formula is C37H43N3O4. The molecule has 1 atom stereocenters. The molecule has 1 aliphatic rings. The van der Waals surface area contributed by atoms with Crippen molar-refractivity contribution in [2.45, 2.75) is 86.4 Å². The summed E-state index contributed by atoms with van der Waals surface area (Å²) in [6, 6.07) is 12.7. The van der Waals surface area contributed by atoms with E-state index in [9.17, 15) is 4.79 Å². The van der Waals surface area contributed by atoms with Crippen LogP contribution < -0.4 is 4.74 Å². The Balaban J connectivity index is 1.68. The zero-order chi connectivity index (χ0) is 31.6. The number of fused-ring (bicyclic) bond motifs is 3. The smallest absolute Gasteiger partial charge is 0.311 e. The van der Waals surface area contributed by atoms with Gasteiger partial charge in [0.25, 0.3) is 0 Å². The topological polar surface area (TPSA) is 75.0 Å². The van der Waals surface area contributed by atoms with E-state index in [4.69, 9.17) is 24.2 Å². The molecule has 7 heteroatoms. The van der Waals surface area contributed by atoms with Crippen molar-refractivity contribution in [1.29, 1.82) is 0 Å². The number of esters is 1. The largest absolute Gasteiger partial charge is 0.493 e. The molecule has 0 bridgehead atoms. The first-order chi connectivity index (χ1) is 20.7. The van der Waals surface area contributed by atoms with E-state index < -0.39 is 17.1 Å². The van der Waals surface area contributed by atoms with E-state index >= 15 is 0 Å². The van der Waals surface area contributed by atoms with Crippen molar-refractivity contribution in [2.24, 2.45) is 5.41 Å². The number of rotatable bonds is 6. The molecule has 2 aromatic carbocycles. The summed E-state index contributed by atoms with van der Waals surface area (Å²) in [4.78, 5) is 22.9. The van der Waals surface area contributed by atoms with Crippen LogP contribution in [0.25, 0.3) is 38.6 Å². The predicted octanol–water partition coefficient (Wildman–Crippen LogP) is 8.51. The van der Waals surface area contributed by atoms with Crippen LogP contribution in [-0.4, -0.2) is 39.2 Å². The first-order valence-electron chi connectivity index (χ1n) is 15.6. The zero-order valence-corrected chi connectivity index (χ0v) is 27.4. The quantitative estimate of drug-likeness (QED) is 0.184. The van der Waals surface area contributed by atoms with Crippen molar-refractivity contribution in [1.82, 2.24) is 14.4 Å². The molecule has 6 rings (SSSR count). The van der Waals surface area contributed by atoms with Crippen LogP contribution in [0.5, 0.6) is 5.75 Å². The highest BCUT2D eigenvalue weighted by atomic mass is 16.6. The number of benzene rings is 2. The fraction of sp³-hybridized carbons (Fsp3) is 0.432. The molecule has 0 saturated carbocycles. The summed E-state index contributed by atoms with van der Waals surface area (Å²) < 4.78 is 21.0.